The zero-order valence-corrected chi connectivity index (χ0v) is 14.9. The molecule has 3 amide bonds. The van der Waals surface area contributed by atoms with Crippen LogP contribution in [0.15, 0.2) is 17.5 Å². The van der Waals surface area contributed by atoms with Gasteiger partial charge in [-0.3, -0.25) is 4.79 Å². The molecule has 6 heteroatoms. The molecule has 1 aromatic rings. The van der Waals surface area contributed by atoms with E-state index in [0.29, 0.717) is 12.5 Å². The average Bonchev–Trinajstić information content (AvgIpc) is 3.09. The Labute approximate surface area is 147 Å². The van der Waals surface area contributed by atoms with E-state index in [1.807, 2.05) is 22.4 Å². The molecule has 2 aliphatic rings. The van der Waals surface area contributed by atoms with Crippen molar-refractivity contribution in [1.29, 1.82) is 0 Å². The summed E-state index contributed by atoms with van der Waals surface area (Å²) in [6.07, 6.45) is 8.11. The van der Waals surface area contributed by atoms with E-state index < -0.39 is 0 Å². The number of nitrogens with zero attached hydrogens (tertiary/aromatic N) is 1. The molecule has 1 saturated heterocycles. The maximum atomic E-state index is 12.3. The summed E-state index contributed by atoms with van der Waals surface area (Å²) in [4.78, 5) is 27.4. The van der Waals surface area contributed by atoms with Crippen molar-refractivity contribution in [1.82, 2.24) is 15.5 Å². The number of amides is 3. The first kappa shape index (κ1) is 17.3. The summed E-state index contributed by atoms with van der Waals surface area (Å²) in [5.41, 5.74) is 0. The number of piperidine rings is 1. The van der Waals surface area contributed by atoms with Gasteiger partial charge in [-0.1, -0.05) is 25.3 Å². The van der Waals surface area contributed by atoms with Gasteiger partial charge in [-0.25, -0.2) is 4.79 Å². The third-order valence-corrected chi connectivity index (χ3v) is 5.87. The molecule has 0 spiro atoms. The van der Waals surface area contributed by atoms with E-state index in [1.165, 1.54) is 19.3 Å². The van der Waals surface area contributed by atoms with Crippen molar-refractivity contribution in [3.05, 3.63) is 22.4 Å². The molecular weight excluding hydrogens is 322 g/mol. The summed E-state index contributed by atoms with van der Waals surface area (Å²) < 4.78 is 0. The smallest absolute Gasteiger partial charge is 0.317 e. The van der Waals surface area contributed by atoms with Crippen LogP contribution >= 0.6 is 11.3 Å². The summed E-state index contributed by atoms with van der Waals surface area (Å²) in [5, 5.41) is 8.27. The second-order valence-electron chi connectivity index (χ2n) is 6.87. The van der Waals surface area contributed by atoms with E-state index in [-0.39, 0.29) is 18.0 Å². The Morgan fingerprint density at radius 2 is 1.75 bits per heavy atom. The molecule has 2 fully saturated rings. The minimum absolute atomic E-state index is 0.0743. The zero-order chi connectivity index (χ0) is 16.8. The van der Waals surface area contributed by atoms with Gasteiger partial charge in [0.25, 0.3) is 0 Å². The van der Waals surface area contributed by atoms with Gasteiger partial charge in [0.1, 0.15) is 0 Å². The van der Waals surface area contributed by atoms with Crippen molar-refractivity contribution < 1.29 is 9.59 Å². The molecule has 3 rings (SSSR count). The Hall–Kier alpha value is -1.56. The topological polar surface area (TPSA) is 61.4 Å². The van der Waals surface area contributed by atoms with Crippen molar-refractivity contribution in [3.8, 4) is 0 Å². The summed E-state index contributed by atoms with van der Waals surface area (Å²) in [6.45, 7) is 1.45. The van der Waals surface area contributed by atoms with Crippen LogP contribution < -0.4 is 10.6 Å². The van der Waals surface area contributed by atoms with Crippen LogP contribution in [-0.4, -0.2) is 42.0 Å². The van der Waals surface area contributed by atoms with E-state index in [1.54, 1.807) is 11.3 Å². The molecule has 0 aromatic carbocycles. The number of carbonyl (C=O) groups is 2. The van der Waals surface area contributed by atoms with Crippen molar-refractivity contribution in [2.24, 2.45) is 0 Å². The van der Waals surface area contributed by atoms with Crippen LogP contribution in [-0.2, 0) is 11.2 Å². The monoisotopic (exact) mass is 349 g/mol. The molecule has 5 nitrogen and oxygen atoms in total. The molecule has 1 aliphatic carbocycles. The maximum absolute atomic E-state index is 12.3. The first-order chi connectivity index (χ1) is 11.7. The minimum atomic E-state index is 0.0743. The number of urea groups is 1. The fraction of sp³-hybridized carbons (Fsp3) is 0.667. The molecule has 2 N–H and O–H groups in total. The highest BCUT2D eigenvalue weighted by atomic mass is 32.1. The number of thiophene rings is 1. The third kappa shape index (κ3) is 4.97. The average molecular weight is 350 g/mol. The summed E-state index contributed by atoms with van der Waals surface area (Å²) >= 11 is 1.61. The second-order valence-corrected chi connectivity index (χ2v) is 7.90. The maximum Gasteiger partial charge on any atom is 0.317 e. The second kappa shape index (κ2) is 8.51. The SMILES string of the molecule is O=C(Cc1cccs1)NC1CCN(C(=O)NC2CCCCC2)CC1. The molecule has 0 bridgehead atoms. The Kier molecular flexibility index (Phi) is 6.12. The van der Waals surface area contributed by atoms with E-state index >= 15 is 0 Å². The number of nitrogens with one attached hydrogen (secondary N) is 2. The molecule has 2 heterocycles. The van der Waals surface area contributed by atoms with Gasteiger partial charge < -0.3 is 15.5 Å². The lowest BCUT2D eigenvalue weighted by Crippen LogP contribution is -2.51. The van der Waals surface area contributed by atoms with Crippen LogP contribution in [0, 0.1) is 0 Å². The van der Waals surface area contributed by atoms with Gasteiger partial charge in [-0.15, -0.1) is 11.3 Å². The van der Waals surface area contributed by atoms with Crippen molar-refractivity contribution >= 4 is 23.3 Å². The van der Waals surface area contributed by atoms with Gasteiger partial charge in [0.2, 0.25) is 5.91 Å². The molecule has 1 aromatic heterocycles. The molecule has 0 unspecified atom stereocenters. The van der Waals surface area contributed by atoms with Gasteiger partial charge in [0, 0.05) is 30.1 Å². The first-order valence-electron chi connectivity index (χ1n) is 9.08. The molecule has 0 radical (unpaired) electrons. The number of carbonyl (C=O) groups excluding carboxylic acids is 2. The fourth-order valence-corrected chi connectivity index (χ4v) is 4.29. The standard InChI is InChI=1S/C18H27N3O2S/c22-17(13-16-7-4-12-24-16)19-15-8-10-21(11-9-15)18(23)20-14-5-2-1-3-6-14/h4,7,12,14-15H,1-3,5-6,8-11,13H2,(H,19,22)(H,20,23). The van der Waals surface area contributed by atoms with E-state index in [4.69, 9.17) is 0 Å². The number of hydrogen-bond donors (Lipinski definition) is 2. The lowest BCUT2D eigenvalue weighted by atomic mass is 9.95. The normalized spacial score (nSPS) is 19.9. The van der Waals surface area contributed by atoms with Crippen LogP contribution in [0.2, 0.25) is 0 Å². The summed E-state index contributed by atoms with van der Waals surface area (Å²) in [7, 11) is 0. The van der Waals surface area contributed by atoms with Gasteiger partial charge in [0.05, 0.1) is 6.42 Å². The Balaban J connectivity index is 1.37. The predicted octanol–water partition coefficient (Wildman–Crippen LogP) is 2.91. The third-order valence-electron chi connectivity index (χ3n) is 4.99. The van der Waals surface area contributed by atoms with Gasteiger partial charge in [-0.05, 0) is 37.1 Å². The number of rotatable bonds is 4. The van der Waals surface area contributed by atoms with Crippen molar-refractivity contribution in [2.75, 3.05) is 13.1 Å². The van der Waals surface area contributed by atoms with E-state index in [2.05, 4.69) is 10.6 Å². The van der Waals surface area contributed by atoms with E-state index in [0.717, 1.165) is 43.6 Å². The van der Waals surface area contributed by atoms with Crippen LogP contribution in [0.4, 0.5) is 4.79 Å². The Morgan fingerprint density at radius 1 is 1.04 bits per heavy atom. The quantitative estimate of drug-likeness (QED) is 0.878. The van der Waals surface area contributed by atoms with Crippen molar-refractivity contribution in [2.45, 2.75) is 63.5 Å². The largest absolute Gasteiger partial charge is 0.353 e. The highest BCUT2D eigenvalue weighted by Gasteiger charge is 2.25. The van der Waals surface area contributed by atoms with Gasteiger partial charge >= 0.3 is 6.03 Å². The molecule has 0 atom stereocenters. The zero-order valence-electron chi connectivity index (χ0n) is 14.1. The first-order valence-corrected chi connectivity index (χ1v) is 9.96. The minimum Gasteiger partial charge on any atom is -0.353 e. The van der Waals surface area contributed by atoms with Crippen LogP contribution in [0.3, 0.4) is 0 Å². The van der Waals surface area contributed by atoms with E-state index in [9.17, 15) is 9.59 Å². The number of hydrogen-bond acceptors (Lipinski definition) is 3. The molecule has 132 valence electrons. The summed E-state index contributed by atoms with van der Waals surface area (Å²) in [6, 6.07) is 4.58. The molecule has 24 heavy (non-hydrogen) atoms. The lowest BCUT2D eigenvalue weighted by molar-refractivity contribution is -0.121. The Bertz CT molecular complexity index is 532. The lowest BCUT2D eigenvalue weighted by Gasteiger charge is -2.34. The summed E-state index contributed by atoms with van der Waals surface area (Å²) in [5.74, 6) is 0.0857. The van der Waals surface area contributed by atoms with Crippen LogP contribution in [0.1, 0.15) is 49.8 Å². The van der Waals surface area contributed by atoms with Crippen LogP contribution in [0.5, 0.6) is 0 Å². The van der Waals surface area contributed by atoms with Crippen molar-refractivity contribution in [3.63, 3.8) is 0 Å². The Morgan fingerprint density at radius 3 is 2.42 bits per heavy atom. The molecule has 1 saturated carbocycles. The fourth-order valence-electron chi connectivity index (χ4n) is 3.59. The van der Waals surface area contributed by atoms with Crippen LogP contribution in [0.25, 0.3) is 0 Å². The predicted molar refractivity (Wildman–Crippen MR) is 96.2 cm³/mol. The molecule has 1 aliphatic heterocycles. The number of likely N-dealkylation sites (tertiary alicyclic amines) is 1. The highest BCUT2D eigenvalue weighted by Crippen LogP contribution is 2.18. The highest BCUT2D eigenvalue weighted by molar-refractivity contribution is 7.10. The van der Waals surface area contributed by atoms with Gasteiger partial charge in [-0.2, -0.15) is 0 Å². The van der Waals surface area contributed by atoms with Gasteiger partial charge in [0.15, 0.2) is 0 Å². The molecular formula is C18H27N3O2S.